The van der Waals surface area contributed by atoms with Crippen molar-refractivity contribution in [2.24, 2.45) is 11.3 Å². The third kappa shape index (κ3) is 4.58. The molecule has 5 rings (SSSR count). The molecule has 0 spiro atoms. The molecule has 1 heterocycles. The number of amides is 1. The first-order chi connectivity index (χ1) is 17.4. The Labute approximate surface area is 211 Å². The fourth-order valence-corrected chi connectivity index (χ4v) is 5.30. The van der Waals surface area contributed by atoms with Gasteiger partial charge in [0, 0.05) is 22.2 Å². The average molecular weight is 481 g/mol. The zero-order valence-electron chi connectivity index (χ0n) is 21.1. The minimum absolute atomic E-state index is 0.169. The van der Waals surface area contributed by atoms with Crippen LogP contribution in [-0.2, 0) is 22.4 Å². The van der Waals surface area contributed by atoms with Crippen LogP contribution >= 0.6 is 0 Å². The summed E-state index contributed by atoms with van der Waals surface area (Å²) in [6, 6.07) is 21.3. The van der Waals surface area contributed by atoms with Gasteiger partial charge >= 0.3 is 5.97 Å². The van der Waals surface area contributed by atoms with Crippen LogP contribution in [0.1, 0.15) is 55.2 Å². The second-order valence-corrected chi connectivity index (χ2v) is 10.4. The average Bonchev–Trinajstić information content (AvgIpc) is 2.90. The van der Waals surface area contributed by atoms with Gasteiger partial charge in [0.2, 0.25) is 0 Å². The molecule has 1 aliphatic carbocycles. The largest absolute Gasteiger partial charge is 0.452 e. The number of nitrogens with zero attached hydrogens (tertiary/aromatic N) is 1. The van der Waals surface area contributed by atoms with E-state index in [2.05, 4.69) is 26.1 Å². The number of carbonyl (C=O) groups excluding carboxylic acids is 2. The number of hydrogen-bond acceptors (Lipinski definition) is 4. The van der Waals surface area contributed by atoms with Gasteiger partial charge in [0.15, 0.2) is 6.61 Å². The molecule has 1 atom stereocenters. The molecule has 5 nitrogen and oxygen atoms in total. The van der Waals surface area contributed by atoms with Crippen LogP contribution in [0.4, 0.5) is 5.69 Å². The van der Waals surface area contributed by atoms with Crippen molar-refractivity contribution in [1.29, 1.82) is 0 Å². The lowest BCUT2D eigenvalue weighted by atomic mass is 9.68. The highest BCUT2D eigenvalue weighted by atomic mass is 16.5. The van der Waals surface area contributed by atoms with Gasteiger partial charge < -0.3 is 10.1 Å². The highest BCUT2D eigenvalue weighted by Gasteiger charge is 2.34. The Morgan fingerprint density at radius 1 is 1.00 bits per heavy atom. The van der Waals surface area contributed by atoms with E-state index in [1.807, 2.05) is 66.7 Å². The molecule has 4 aromatic rings. The molecule has 0 fully saturated rings. The fraction of sp³-hybridized carbons (Fsp3) is 0.323. The molecule has 0 saturated carbocycles. The first-order valence-electron chi connectivity index (χ1n) is 12.7. The maximum absolute atomic E-state index is 13.5. The van der Waals surface area contributed by atoms with Crippen LogP contribution in [0.5, 0.6) is 0 Å². The number of ether oxygens (including phenoxy) is 1. The maximum Gasteiger partial charge on any atom is 0.339 e. The van der Waals surface area contributed by atoms with Crippen molar-refractivity contribution in [3.63, 3.8) is 0 Å². The van der Waals surface area contributed by atoms with Gasteiger partial charge in [0.05, 0.1) is 11.1 Å². The molecule has 1 aliphatic rings. The van der Waals surface area contributed by atoms with Crippen LogP contribution in [0.2, 0.25) is 0 Å². The minimum Gasteiger partial charge on any atom is -0.452 e. The highest BCUT2D eigenvalue weighted by molar-refractivity contribution is 6.07. The maximum atomic E-state index is 13.5. The summed E-state index contributed by atoms with van der Waals surface area (Å²) in [6.45, 7) is 6.47. The van der Waals surface area contributed by atoms with Crippen molar-refractivity contribution < 1.29 is 14.3 Å². The molecule has 0 bridgehead atoms. The molecular weight excluding hydrogens is 448 g/mol. The number of hydrogen-bond donors (Lipinski definition) is 1. The van der Waals surface area contributed by atoms with Gasteiger partial charge in [-0.05, 0) is 53.7 Å². The Hall–Kier alpha value is -3.73. The van der Waals surface area contributed by atoms with Crippen LogP contribution in [0.3, 0.4) is 0 Å². The molecule has 0 aliphatic heterocycles. The fourth-order valence-electron chi connectivity index (χ4n) is 5.30. The third-order valence-electron chi connectivity index (χ3n) is 7.88. The van der Waals surface area contributed by atoms with E-state index < -0.39 is 5.97 Å². The summed E-state index contributed by atoms with van der Waals surface area (Å²) in [4.78, 5) is 31.2. The van der Waals surface area contributed by atoms with Crippen LogP contribution in [-0.4, -0.2) is 23.5 Å². The van der Waals surface area contributed by atoms with E-state index in [9.17, 15) is 9.59 Å². The summed E-state index contributed by atoms with van der Waals surface area (Å²) in [5.74, 6) is -0.371. The number of nitrogens with one attached hydrogen (secondary N) is 1. The van der Waals surface area contributed by atoms with Crippen LogP contribution in [0.25, 0.3) is 21.7 Å². The monoisotopic (exact) mass is 480 g/mol. The Kier molecular flexibility index (Phi) is 6.48. The number of para-hydroxylation sites is 1. The molecule has 0 radical (unpaired) electrons. The van der Waals surface area contributed by atoms with Crippen LogP contribution in [0, 0.1) is 11.3 Å². The van der Waals surface area contributed by atoms with Crippen molar-refractivity contribution >= 4 is 39.2 Å². The zero-order valence-corrected chi connectivity index (χ0v) is 21.1. The highest BCUT2D eigenvalue weighted by Crippen LogP contribution is 2.41. The first kappa shape index (κ1) is 24.0. The number of aryl methyl sites for hydroxylation is 1. The van der Waals surface area contributed by atoms with E-state index in [1.54, 1.807) is 0 Å². The Morgan fingerprint density at radius 3 is 2.53 bits per heavy atom. The molecule has 1 aromatic heterocycles. The number of carbonyl (C=O) groups is 2. The van der Waals surface area contributed by atoms with Gasteiger partial charge in [-0.25, -0.2) is 4.79 Å². The molecule has 1 N–H and O–H groups in total. The quantitative estimate of drug-likeness (QED) is 0.311. The summed E-state index contributed by atoms with van der Waals surface area (Å²) >= 11 is 0. The van der Waals surface area contributed by atoms with E-state index in [1.165, 1.54) is 0 Å². The predicted molar refractivity (Wildman–Crippen MR) is 144 cm³/mol. The second kappa shape index (κ2) is 9.73. The summed E-state index contributed by atoms with van der Waals surface area (Å²) < 4.78 is 5.62. The number of anilines is 1. The molecule has 1 amide bonds. The van der Waals surface area contributed by atoms with Crippen molar-refractivity contribution in [1.82, 2.24) is 4.98 Å². The van der Waals surface area contributed by atoms with Crippen molar-refractivity contribution in [2.45, 2.75) is 46.5 Å². The summed E-state index contributed by atoms with van der Waals surface area (Å²) in [5, 5.41) is 5.66. The minimum atomic E-state index is -0.465. The second-order valence-electron chi connectivity index (χ2n) is 10.4. The molecule has 3 aromatic carbocycles. The summed E-state index contributed by atoms with van der Waals surface area (Å²) in [5.41, 5.74) is 4.17. The number of pyridine rings is 1. The normalized spacial score (nSPS) is 15.5. The number of rotatable bonds is 6. The molecule has 1 unspecified atom stereocenters. The van der Waals surface area contributed by atoms with Gasteiger partial charge in [-0.3, -0.25) is 9.78 Å². The van der Waals surface area contributed by atoms with Gasteiger partial charge in [0.1, 0.15) is 0 Å². The summed E-state index contributed by atoms with van der Waals surface area (Å²) in [6.07, 6.45) is 3.76. The van der Waals surface area contributed by atoms with E-state index in [4.69, 9.17) is 9.72 Å². The Morgan fingerprint density at radius 2 is 1.72 bits per heavy atom. The van der Waals surface area contributed by atoms with Gasteiger partial charge in [-0.15, -0.1) is 0 Å². The molecular formula is C31H32N2O3. The van der Waals surface area contributed by atoms with E-state index in [-0.39, 0.29) is 17.9 Å². The number of esters is 1. The number of aromatic nitrogens is 1. The third-order valence-corrected chi connectivity index (χ3v) is 7.88. The topological polar surface area (TPSA) is 68.3 Å². The summed E-state index contributed by atoms with van der Waals surface area (Å²) in [7, 11) is 0. The standard InChI is InChI=1S/C31H32N2O3/c1-4-31(2,3)21-16-17-27-24(18-21)29(23-13-7-8-14-26(23)32-27)30(35)36-19-28(34)33-25-15-9-11-20-10-5-6-12-22(20)25/h5-15,21H,4,16-19H2,1-3H3,(H,33,34). The lowest BCUT2D eigenvalue weighted by molar-refractivity contribution is -0.119. The van der Waals surface area contributed by atoms with E-state index in [0.29, 0.717) is 17.2 Å². The lowest BCUT2D eigenvalue weighted by Gasteiger charge is -2.37. The van der Waals surface area contributed by atoms with Crippen molar-refractivity contribution in [2.75, 3.05) is 11.9 Å². The SMILES string of the molecule is CCC(C)(C)C1CCc2nc3ccccc3c(C(=O)OCC(=O)Nc3cccc4ccccc34)c2C1. The van der Waals surface area contributed by atoms with Crippen molar-refractivity contribution in [3.05, 3.63) is 83.6 Å². The van der Waals surface area contributed by atoms with Crippen molar-refractivity contribution in [3.8, 4) is 0 Å². The van der Waals surface area contributed by atoms with E-state index in [0.717, 1.165) is 58.6 Å². The Bertz CT molecular complexity index is 1450. The van der Waals surface area contributed by atoms with Crippen LogP contribution < -0.4 is 5.32 Å². The van der Waals surface area contributed by atoms with Gasteiger partial charge in [-0.1, -0.05) is 81.8 Å². The smallest absolute Gasteiger partial charge is 0.339 e. The Balaban J connectivity index is 1.40. The molecule has 0 saturated heterocycles. The predicted octanol–water partition coefficient (Wildman–Crippen LogP) is 6.72. The number of fused-ring (bicyclic) bond motifs is 3. The molecule has 5 heteroatoms. The molecule has 184 valence electrons. The van der Waals surface area contributed by atoms with Gasteiger partial charge in [-0.2, -0.15) is 0 Å². The van der Waals surface area contributed by atoms with Crippen LogP contribution in [0.15, 0.2) is 66.7 Å². The lowest BCUT2D eigenvalue weighted by Crippen LogP contribution is -2.31. The molecule has 36 heavy (non-hydrogen) atoms. The zero-order chi connectivity index (χ0) is 25.3. The number of benzene rings is 3. The first-order valence-corrected chi connectivity index (χ1v) is 12.7. The van der Waals surface area contributed by atoms with E-state index >= 15 is 0 Å². The van der Waals surface area contributed by atoms with Gasteiger partial charge in [0.25, 0.3) is 5.91 Å².